The number of likely N-dealkylation sites (N-methyl/N-ethyl adjacent to an activating group) is 1. The van der Waals surface area contributed by atoms with Gasteiger partial charge in [0.15, 0.2) is 0 Å². The molecule has 23 heavy (non-hydrogen) atoms. The molecule has 1 unspecified atom stereocenters. The largest absolute Gasteiger partial charge is 0.467 e. The molecule has 0 saturated heterocycles. The lowest BCUT2D eigenvalue weighted by atomic mass is 9.96. The van der Waals surface area contributed by atoms with Crippen LogP contribution in [-0.2, 0) is 11.3 Å². The van der Waals surface area contributed by atoms with Crippen molar-refractivity contribution in [2.45, 2.75) is 26.4 Å². The Labute approximate surface area is 136 Å². The van der Waals surface area contributed by atoms with E-state index in [2.05, 4.69) is 19.2 Å². The Bertz CT molecular complexity index is 608. The number of nitrogens with zero attached hydrogens (tertiary/aromatic N) is 1. The fourth-order valence-corrected chi connectivity index (χ4v) is 2.47. The highest BCUT2D eigenvalue weighted by Gasteiger charge is 2.18. The van der Waals surface area contributed by atoms with Gasteiger partial charge in [-0.3, -0.25) is 4.79 Å². The normalized spacial score (nSPS) is 12.4. The number of carbonyl (C=O) groups excluding carboxylic acids is 1. The summed E-state index contributed by atoms with van der Waals surface area (Å²) in [6.45, 7) is 4.80. The summed E-state index contributed by atoms with van der Waals surface area (Å²) in [6, 6.07) is 10.0. The lowest BCUT2D eigenvalue weighted by molar-refractivity contribution is -0.129. The van der Waals surface area contributed by atoms with E-state index in [0.717, 1.165) is 11.3 Å². The van der Waals surface area contributed by atoms with Crippen molar-refractivity contribution in [3.05, 3.63) is 59.8 Å². The summed E-state index contributed by atoms with van der Waals surface area (Å²) in [4.78, 5) is 13.9. The molecule has 0 aliphatic carbocycles. The number of furan rings is 1. The highest BCUT2D eigenvalue weighted by molar-refractivity contribution is 5.77. The molecule has 2 rings (SSSR count). The van der Waals surface area contributed by atoms with Crippen LogP contribution >= 0.6 is 0 Å². The van der Waals surface area contributed by atoms with Crippen LogP contribution in [0.2, 0.25) is 0 Å². The molecule has 1 amide bonds. The topological polar surface area (TPSA) is 45.5 Å². The quantitative estimate of drug-likeness (QED) is 0.851. The molecule has 1 aromatic carbocycles. The first kappa shape index (κ1) is 17.2. The Morgan fingerprint density at radius 2 is 1.96 bits per heavy atom. The maximum Gasteiger partial charge on any atom is 0.236 e. The van der Waals surface area contributed by atoms with Crippen molar-refractivity contribution < 1.29 is 13.6 Å². The van der Waals surface area contributed by atoms with Crippen LogP contribution in [0.25, 0.3) is 0 Å². The molecule has 0 aliphatic heterocycles. The number of nitrogens with one attached hydrogen (secondary N) is 1. The van der Waals surface area contributed by atoms with Gasteiger partial charge in [-0.05, 0) is 35.7 Å². The second kappa shape index (κ2) is 7.92. The van der Waals surface area contributed by atoms with Crippen LogP contribution in [-0.4, -0.2) is 24.4 Å². The summed E-state index contributed by atoms with van der Waals surface area (Å²) in [5.41, 5.74) is 0.975. The van der Waals surface area contributed by atoms with Gasteiger partial charge in [-0.15, -0.1) is 0 Å². The standard InChI is InChI=1S/C18H23FN2O2/c1-13(2)18(14-6-8-15(19)9-7-14)20-11-17(22)21(3)12-16-5-4-10-23-16/h4-10,13,18,20H,11-12H2,1-3H3. The SMILES string of the molecule is CC(C)C(NCC(=O)N(C)Cc1ccco1)c1ccc(F)cc1. The van der Waals surface area contributed by atoms with E-state index in [4.69, 9.17) is 4.42 Å². The molecule has 5 heteroatoms. The molecule has 1 N–H and O–H groups in total. The van der Waals surface area contributed by atoms with Crippen molar-refractivity contribution in [3.8, 4) is 0 Å². The zero-order valence-electron chi connectivity index (χ0n) is 13.8. The molecular weight excluding hydrogens is 295 g/mol. The Kier molecular flexibility index (Phi) is 5.93. The first-order valence-electron chi connectivity index (χ1n) is 7.72. The first-order valence-corrected chi connectivity index (χ1v) is 7.72. The molecule has 1 aromatic heterocycles. The van der Waals surface area contributed by atoms with Crippen molar-refractivity contribution >= 4 is 5.91 Å². The van der Waals surface area contributed by atoms with Crippen LogP contribution in [0.1, 0.15) is 31.2 Å². The highest BCUT2D eigenvalue weighted by Crippen LogP contribution is 2.21. The zero-order chi connectivity index (χ0) is 16.8. The van der Waals surface area contributed by atoms with Crippen LogP contribution in [0.15, 0.2) is 47.1 Å². The number of amides is 1. The van der Waals surface area contributed by atoms with Crippen LogP contribution in [0.3, 0.4) is 0 Å². The van der Waals surface area contributed by atoms with E-state index in [1.807, 2.05) is 6.07 Å². The van der Waals surface area contributed by atoms with E-state index in [9.17, 15) is 9.18 Å². The molecule has 4 nitrogen and oxygen atoms in total. The highest BCUT2D eigenvalue weighted by atomic mass is 19.1. The third-order valence-electron chi connectivity index (χ3n) is 3.77. The van der Waals surface area contributed by atoms with Gasteiger partial charge in [0.25, 0.3) is 0 Å². The maximum atomic E-state index is 13.1. The van der Waals surface area contributed by atoms with Crippen LogP contribution < -0.4 is 5.32 Å². The fourth-order valence-electron chi connectivity index (χ4n) is 2.47. The lowest BCUT2D eigenvalue weighted by Gasteiger charge is -2.24. The molecule has 0 spiro atoms. The molecule has 0 bridgehead atoms. The van der Waals surface area contributed by atoms with Gasteiger partial charge in [-0.25, -0.2) is 4.39 Å². The molecular formula is C18H23FN2O2. The average molecular weight is 318 g/mol. The van der Waals surface area contributed by atoms with Crippen molar-refractivity contribution in [1.29, 1.82) is 0 Å². The van der Waals surface area contributed by atoms with Gasteiger partial charge < -0.3 is 14.6 Å². The molecule has 1 heterocycles. The molecule has 1 atom stereocenters. The average Bonchev–Trinajstić information content (AvgIpc) is 3.01. The van der Waals surface area contributed by atoms with Gasteiger partial charge in [0, 0.05) is 13.1 Å². The second-order valence-electron chi connectivity index (χ2n) is 5.98. The molecule has 0 saturated carbocycles. The van der Waals surface area contributed by atoms with Crippen LogP contribution in [0.4, 0.5) is 4.39 Å². The van der Waals surface area contributed by atoms with Gasteiger partial charge in [0.2, 0.25) is 5.91 Å². The minimum atomic E-state index is -0.259. The van der Waals surface area contributed by atoms with E-state index in [1.54, 1.807) is 36.4 Å². The van der Waals surface area contributed by atoms with Gasteiger partial charge in [-0.2, -0.15) is 0 Å². The number of halogens is 1. The number of hydrogen-bond acceptors (Lipinski definition) is 3. The third kappa shape index (κ3) is 4.93. The zero-order valence-corrected chi connectivity index (χ0v) is 13.8. The first-order chi connectivity index (χ1) is 11.0. The summed E-state index contributed by atoms with van der Waals surface area (Å²) in [6.07, 6.45) is 1.59. The van der Waals surface area contributed by atoms with Gasteiger partial charge >= 0.3 is 0 Å². The Hall–Kier alpha value is -2.14. The Morgan fingerprint density at radius 3 is 2.52 bits per heavy atom. The van der Waals surface area contributed by atoms with Crippen LogP contribution in [0, 0.1) is 11.7 Å². The van der Waals surface area contributed by atoms with Gasteiger partial charge in [-0.1, -0.05) is 26.0 Å². The number of hydrogen-bond donors (Lipinski definition) is 1. The summed E-state index contributed by atoms with van der Waals surface area (Å²) < 4.78 is 18.3. The maximum absolute atomic E-state index is 13.1. The van der Waals surface area contributed by atoms with Gasteiger partial charge in [0.05, 0.1) is 19.4 Å². The van der Waals surface area contributed by atoms with E-state index < -0.39 is 0 Å². The molecule has 124 valence electrons. The number of carbonyl (C=O) groups is 1. The predicted octanol–water partition coefficient (Wildman–Crippen LogP) is 3.36. The van der Waals surface area contributed by atoms with Crippen molar-refractivity contribution in [1.82, 2.24) is 10.2 Å². The summed E-state index contributed by atoms with van der Waals surface area (Å²) >= 11 is 0. The van der Waals surface area contributed by atoms with Crippen molar-refractivity contribution in [2.24, 2.45) is 5.92 Å². The smallest absolute Gasteiger partial charge is 0.236 e. The lowest BCUT2D eigenvalue weighted by Crippen LogP contribution is -2.38. The third-order valence-corrected chi connectivity index (χ3v) is 3.77. The predicted molar refractivity (Wildman–Crippen MR) is 87.2 cm³/mol. The van der Waals surface area contributed by atoms with E-state index in [-0.39, 0.29) is 30.2 Å². The number of rotatable bonds is 7. The second-order valence-corrected chi connectivity index (χ2v) is 5.98. The van der Waals surface area contributed by atoms with Gasteiger partial charge in [0.1, 0.15) is 11.6 Å². The number of benzene rings is 1. The monoisotopic (exact) mass is 318 g/mol. The minimum Gasteiger partial charge on any atom is -0.467 e. The van der Waals surface area contributed by atoms with Crippen LogP contribution in [0.5, 0.6) is 0 Å². The molecule has 0 aliphatic rings. The van der Waals surface area contributed by atoms with E-state index in [0.29, 0.717) is 6.54 Å². The molecule has 2 aromatic rings. The van der Waals surface area contributed by atoms with Crippen molar-refractivity contribution in [2.75, 3.05) is 13.6 Å². The summed E-state index contributed by atoms with van der Waals surface area (Å²) in [5.74, 6) is 0.753. The fraction of sp³-hybridized carbons (Fsp3) is 0.389. The molecule has 0 radical (unpaired) electrons. The Morgan fingerprint density at radius 1 is 1.26 bits per heavy atom. The Balaban J connectivity index is 1.93. The van der Waals surface area contributed by atoms with E-state index >= 15 is 0 Å². The summed E-state index contributed by atoms with van der Waals surface area (Å²) in [7, 11) is 1.74. The van der Waals surface area contributed by atoms with E-state index in [1.165, 1.54) is 12.1 Å². The molecule has 0 fully saturated rings. The minimum absolute atomic E-state index is 0.00318. The summed E-state index contributed by atoms with van der Waals surface area (Å²) in [5, 5.41) is 3.27. The van der Waals surface area contributed by atoms with Crippen molar-refractivity contribution in [3.63, 3.8) is 0 Å².